The van der Waals surface area contributed by atoms with E-state index in [0.29, 0.717) is 0 Å². The van der Waals surface area contributed by atoms with Gasteiger partial charge < -0.3 is 4.42 Å². The van der Waals surface area contributed by atoms with Crippen LogP contribution < -0.4 is 0 Å². The molecule has 0 fully saturated rings. The summed E-state index contributed by atoms with van der Waals surface area (Å²) in [5, 5.41) is 4.87. The first-order valence-electron chi connectivity index (χ1n) is 13.3. The number of fused-ring (bicyclic) bond motifs is 7. The van der Waals surface area contributed by atoms with Crippen molar-refractivity contribution in [3.63, 3.8) is 0 Å². The summed E-state index contributed by atoms with van der Waals surface area (Å²) in [7, 11) is 0. The summed E-state index contributed by atoms with van der Waals surface area (Å²) < 4.78 is 6.43. The van der Waals surface area contributed by atoms with E-state index in [0.717, 1.165) is 11.2 Å². The Hall–Kier alpha value is -4.62. The second kappa shape index (κ2) is 7.69. The van der Waals surface area contributed by atoms with Gasteiger partial charge in [-0.1, -0.05) is 111 Å². The molecule has 1 aromatic heterocycles. The van der Waals surface area contributed by atoms with Gasteiger partial charge >= 0.3 is 0 Å². The Balaban J connectivity index is 1.35. The van der Waals surface area contributed by atoms with E-state index in [1.807, 2.05) is 0 Å². The SMILES string of the molecule is CC1(C)c2ccccc2-c2cc3c(cc21)oc1ccc(-c2ccc(-c4ccccc4)c4ccccc24)cc13. The van der Waals surface area contributed by atoms with Crippen molar-refractivity contribution in [2.24, 2.45) is 0 Å². The summed E-state index contributed by atoms with van der Waals surface area (Å²) in [6.07, 6.45) is 0. The molecule has 7 aromatic rings. The summed E-state index contributed by atoms with van der Waals surface area (Å²) >= 11 is 0. The van der Waals surface area contributed by atoms with Crippen LogP contribution in [0.3, 0.4) is 0 Å². The minimum absolute atomic E-state index is 0.0380. The molecule has 0 radical (unpaired) electrons. The molecular weight excluding hydrogens is 460 g/mol. The van der Waals surface area contributed by atoms with Crippen LogP contribution in [-0.4, -0.2) is 0 Å². The van der Waals surface area contributed by atoms with Gasteiger partial charge in [-0.05, 0) is 79.5 Å². The van der Waals surface area contributed by atoms with Crippen molar-refractivity contribution in [1.29, 1.82) is 0 Å². The average Bonchev–Trinajstić information content (AvgIpc) is 3.43. The normalized spacial score (nSPS) is 13.7. The predicted molar refractivity (Wildman–Crippen MR) is 160 cm³/mol. The van der Waals surface area contributed by atoms with Gasteiger partial charge in [0.15, 0.2) is 0 Å². The van der Waals surface area contributed by atoms with E-state index < -0.39 is 0 Å². The summed E-state index contributed by atoms with van der Waals surface area (Å²) in [5.41, 5.74) is 12.2. The fraction of sp³-hybridized carbons (Fsp3) is 0.0811. The smallest absolute Gasteiger partial charge is 0.135 e. The highest BCUT2D eigenvalue weighted by molar-refractivity contribution is 6.11. The topological polar surface area (TPSA) is 13.1 Å². The van der Waals surface area contributed by atoms with E-state index >= 15 is 0 Å². The molecule has 0 aliphatic heterocycles. The van der Waals surface area contributed by atoms with E-state index in [2.05, 4.69) is 135 Å². The van der Waals surface area contributed by atoms with E-state index in [1.54, 1.807) is 0 Å². The van der Waals surface area contributed by atoms with Gasteiger partial charge in [0.2, 0.25) is 0 Å². The molecule has 1 aliphatic carbocycles. The van der Waals surface area contributed by atoms with E-state index in [9.17, 15) is 0 Å². The zero-order chi connectivity index (χ0) is 25.4. The van der Waals surface area contributed by atoms with Crippen molar-refractivity contribution in [2.45, 2.75) is 19.3 Å². The minimum Gasteiger partial charge on any atom is -0.456 e. The highest BCUT2D eigenvalue weighted by atomic mass is 16.3. The molecule has 0 spiro atoms. The number of furan rings is 1. The molecule has 8 rings (SSSR count). The monoisotopic (exact) mass is 486 g/mol. The molecule has 1 nitrogen and oxygen atoms in total. The molecule has 180 valence electrons. The summed E-state index contributed by atoms with van der Waals surface area (Å²) in [6, 6.07) is 44.0. The fourth-order valence-corrected chi connectivity index (χ4v) is 6.56. The van der Waals surface area contributed by atoms with Crippen molar-refractivity contribution in [1.82, 2.24) is 0 Å². The maximum absolute atomic E-state index is 6.43. The van der Waals surface area contributed by atoms with Gasteiger partial charge in [-0.15, -0.1) is 0 Å². The van der Waals surface area contributed by atoms with E-state index in [1.165, 1.54) is 66.1 Å². The van der Waals surface area contributed by atoms with Crippen molar-refractivity contribution < 1.29 is 4.42 Å². The zero-order valence-corrected chi connectivity index (χ0v) is 21.5. The van der Waals surface area contributed by atoms with E-state index in [-0.39, 0.29) is 5.41 Å². The Morgan fingerprint density at radius 2 is 1.08 bits per heavy atom. The molecule has 0 N–H and O–H groups in total. The molecule has 0 amide bonds. The summed E-state index contributed by atoms with van der Waals surface area (Å²) in [5.74, 6) is 0. The second-order valence-corrected chi connectivity index (χ2v) is 10.9. The Kier molecular flexibility index (Phi) is 4.35. The number of benzene rings is 6. The van der Waals surface area contributed by atoms with Crippen LogP contribution in [0.15, 0.2) is 126 Å². The lowest BCUT2D eigenvalue weighted by atomic mass is 9.82. The highest BCUT2D eigenvalue weighted by Gasteiger charge is 2.36. The largest absolute Gasteiger partial charge is 0.456 e. The first-order valence-corrected chi connectivity index (χ1v) is 13.3. The van der Waals surface area contributed by atoms with Crippen LogP contribution in [-0.2, 0) is 5.41 Å². The Morgan fingerprint density at radius 1 is 0.421 bits per heavy atom. The van der Waals surface area contributed by atoms with Crippen LogP contribution in [0.1, 0.15) is 25.0 Å². The van der Waals surface area contributed by atoms with Crippen LogP contribution in [0.25, 0.3) is 66.1 Å². The maximum Gasteiger partial charge on any atom is 0.135 e. The maximum atomic E-state index is 6.43. The van der Waals surface area contributed by atoms with Crippen molar-refractivity contribution in [2.75, 3.05) is 0 Å². The third-order valence-electron chi connectivity index (χ3n) is 8.49. The van der Waals surface area contributed by atoms with Gasteiger partial charge in [-0.3, -0.25) is 0 Å². The van der Waals surface area contributed by atoms with Gasteiger partial charge in [-0.2, -0.15) is 0 Å². The van der Waals surface area contributed by atoms with Gasteiger partial charge in [-0.25, -0.2) is 0 Å². The molecular formula is C37H26O. The van der Waals surface area contributed by atoms with Crippen LogP contribution >= 0.6 is 0 Å². The molecule has 0 unspecified atom stereocenters. The molecule has 1 heterocycles. The van der Waals surface area contributed by atoms with Gasteiger partial charge in [0.05, 0.1) is 0 Å². The zero-order valence-electron chi connectivity index (χ0n) is 21.5. The summed E-state index contributed by atoms with van der Waals surface area (Å²) in [6.45, 7) is 4.63. The number of rotatable bonds is 2. The third kappa shape index (κ3) is 2.93. The lowest BCUT2D eigenvalue weighted by Crippen LogP contribution is -2.14. The lowest BCUT2D eigenvalue weighted by molar-refractivity contribution is 0.647. The molecule has 0 saturated heterocycles. The third-order valence-corrected chi connectivity index (χ3v) is 8.49. The first kappa shape index (κ1) is 21.5. The fourth-order valence-electron chi connectivity index (χ4n) is 6.56. The average molecular weight is 487 g/mol. The number of hydrogen-bond donors (Lipinski definition) is 0. The van der Waals surface area contributed by atoms with Crippen molar-refractivity contribution in [3.8, 4) is 33.4 Å². The standard InChI is InChI=1S/C37H26O/c1-37(2)33-15-9-8-14-29(33)30-21-32-31-20-24(16-19-35(31)38-36(32)22-34(30)37)26-18-17-25(23-10-4-3-5-11-23)27-12-6-7-13-28(26)27/h3-22H,1-2H3. The molecule has 1 heteroatoms. The lowest BCUT2D eigenvalue weighted by Gasteiger charge is -2.21. The second-order valence-electron chi connectivity index (χ2n) is 10.9. The molecule has 6 aromatic carbocycles. The van der Waals surface area contributed by atoms with Crippen molar-refractivity contribution in [3.05, 3.63) is 132 Å². The Bertz CT molecular complexity index is 2040. The molecule has 38 heavy (non-hydrogen) atoms. The predicted octanol–water partition coefficient (Wildman–Crippen LogP) is 10.4. The first-order chi connectivity index (χ1) is 18.6. The highest BCUT2D eigenvalue weighted by Crippen LogP contribution is 2.50. The molecule has 1 aliphatic rings. The van der Waals surface area contributed by atoms with Gasteiger partial charge in [0.1, 0.15) is 11.2 Å². The minimum atomic E-state index is -0.0380. The Morgan fingerprint density at radius 3 is 1.87 bits per heavy atom. The molecule has 0 saturated carbocycles. The van der Waals surface area contributed by atoms with Crippen LogP contribution in [0, 0.1) is 0 Å². The Labute approximate surface area is 222 Å². The quantitative estimate of drug-likeness (QED) is 0.237. The van der Waals surface area contributed by atoms with Gasteiger partial charge in [0, 0.05) is 16.2 Å². The summed E-state index contributed by atoms with van der Waals surface area (Å²) in [4.78, 5) is 0. The van der Waals surface area contributed by atoms with Crippen LogP contribution in [0.5, 0.6) is 0 Å². The van der Waals surface area contributed by atoms with Crippen LogP contribution in [0.2, 0.25) is 0 Å². The molecule has 0 bridgehead atoms. The number of hydrogen-bond acceptors (Lipinski definition) is 1. The van der Waals surface area contributed by atoms with Gasteiger partial charge in [0.25, 0.3) is 0 Å². The van der Waals surface area contributed by atoms with Crippen molar-refractivity contribution >= 4 is 32.7 Å². The van der Waals surface area contributed by atoms with E-state index in [4.69, 9.17) is 4.42 Å². The molecule has 0 atom stereocenters. The van der Waals surface area contributed by atoms with Crippen LogP contribution in [0.4, 0.5) is 0 Å².